The van der Waals surface area contributed by atoms with Gasteiger partial charge in [0.05, 0.1) is 24.6 Å². The van der Waals surface area contributed by atoms with Crippen molar-refractivity contribution in [3.8, 4) is 0 Å². The third-order valence-electron chi connectivity index (χ3n) is 4.82. The van der Waals surface area contributed by atoms with E-state index in [2.05, 4.69) is 16.7 Å². The number of nitrogens with one attached hydrogen (secondary N) is 3. The van der Waals surface area contributed by atoms with E-state index in [1.165, 1.54) is 29.9 Å². The van der Waals surface area contributed by atoms with Crippen LogP contribution in [0.25, 0.3) is 0 Å². The number of nitro groups is 1. The highest BCUT2D eigenvalue weighted by Crippen LogP contribution is 2.21. The molecule has 8 heteroatoms. The Morgan fingerprint density at radius 1 is 1.19 bits per heavy atom. The predicted octanol–water partition coefficient (Wildman–Crippen LogP) is 2.95. The van der Waals surface area contributed by atoms with Gasteiger partial charge in [0.25, 0.3) is 5.69 Å². The Kier molecular flexibility index (Phi) is 6.60. The molecule has 3 N–H and O–H groups in total. The first kappa shape index (κ1) is 19.5. The number of halogens is 1. The zero-order valence-corrected chi connectivity index (χ0v) is 16.4. The monoisotopic (exact) mass is 405 g/mol. The topological polar surface area (TPSA) is 71.6 Å². The molecule has 2 aromatic carbocycles. The quantitative estimate of drug-likeness (QED) is 0.391. The number of hydrogen-bond donors (Lipinski definition) is 3. The molecule has 0 spiro atoms. The smallest absolute Gasteiger partial charge is 0.269 e. The molecule has 0 aliphatic carbocycles. The normalized spacial score (nSPS) is 15.3. The number of nitro benzene ring substituents is 1. The zero-order valence-electron chi connectivity index (χ0n) is 14.8. The lowest BCUT2D eigenvalue weighted by Crippen LogP contribution is -3.11. The third-order valence-corrected chi connectivity index (χ3v) is 5.41. The molecule has 1 aliphatic heterocycles. The third kappa shape index (κ3) is 5.15. The van der Waals surface area contributed by atoms with E-state index in [1.54, 1.807) is 12.1 Å². The lowest BCUT2D eigenvalue weighted by molar-refractivity contribution is -0.918. The van der Waals surface area contributed by atoms with E-state index in [-0.39, 0.29) is 11.7 Å². The van der Waals surface area contributed by atoms with Gasteiger partial charge in [-0.2, -0.15) is 0 Å². The van der Waals surface area contributed by atoms with E-state index in [0.717, 1.165) is 23.7 Å². The minimum Gasteiger partial charge on any atom is -0.356 e. The molecule has 0 aromatic heterocycles. The van der Waals surface area contributed by atoms with Crippen LogP contribution in [0.4, 0.5) is 11.4 Å². The molecular weight excluding hydrogens is 384 g/mol. The number of anilines is 1. The highest BCUT2D eigenvalue weighted by atomic mass is 35.5. The number of nitrogens with zero attached hydrogens (tertiary/aromatic N) is 1. The van der Waals surface area contributed by atoms with Gasteiger partial charge in [0.2, 0.25) is 0 Å². The molecule has 1 aliphatic rings. The lowest BCUT2D eigenvalue weighted by atomic mass is 10.1. The van der Waals surface area contributed by atoms with Crippen LogP contribution in [0.5, 0.6) is 0 Å². The van der Waals surface area contributed by atoms with Crippen molar-refractivity contribution in [1.29, 1.82) is 0 Å². The maximum Gasteiger partial charge on any atom is 0.269 e. The summed E-state index contributed by atoms with van der Waals surface area (Å²) in [4.78, 5) is 11.8. The summed E-state index contributed by atoms with van der Waals surface area (Å²) in [6, 6.07) is 14.4. The van der Waals surface area contributed by atoms with E-state index >= 15 is 0 Å². The molecule has 0 bridgehead atoms. The average Bonchev–Trinajstić information content (AvgIpc) is 3.18. The summed E-state index contributed by atoms with van der Waals surface area (Å²) in [6.45, 7) is 2.91. The molecule has 0 unspecified atom stereocenters. The Morgan fingerprint density at radius 2 is 1.85 bits per heavy atom. The first-order chi connectivity index (χ1) is 13.0. The molecule has 27 heavy (non-hydrogen) atoms. The Hall–Kier alpha value is -2.22. The number of thiocarbonyl (C=S) groups is 1. The summed E-state index contributed by atoms with van der Waals surface area (Å²) in [5.74, 6) is 0. The van der Waals surface area contributed by atoms with Crippen LogP contribution in [0.1, 0.15) is 24.4 Å². The van der Waals surface area contributed by atoms with Gasteiger partial charge in [0, 0.05) is 41.2 Å². The van der Waals surface area contributed by atoms with Crippen LogP contribution in [0.3, 0.4) is 0 Å². The predicted molar refractivity (Wildman–Crippen MR) is 111 cm³/mol. The average molecular weight is 406 g/mol. The fraction of sp³-hybridized carbons (Fsp3) is 0.316. The number of rotatable bonds is 6. The van der Waals surface area contributed by atoms with Gasteiger partial charge in [-0.3, -0.25) is 10.1 Å². The first-order valence-corrected chi connectivity index (χ1v) is 9.71. The Balaban J connectivity index is 1.63. The van der Waals surface area contributed by atoms with E-state index in [1.807, 2.05) is 18.2 Å². The molecule has 2 aromatic rings. The highest BCUT2D eigenvalue weighted by Gasteiger charge is 2.28. The summed E-state index contributed by atoms with van der Waals surface area (Å²) in [7, 11) is 0. The molecule has 1 fully saturated rings. The second-order valence-electron chi connectivity index (χ2n) is 6.58. The van der Waals surface area contributed by atoms with Crippen molar-refractivity contribution in [2.75, 3.05) is 25.0 Å². The maximum atomic E-state index is 10.7. The molecule has 0 amide bonds. The van der Waals surface area contributed by atoms with Crippen LogP contribution in [-0.4, -0.2) is 29.7 Å². The zero-order chi connectivity index (χ0) is 19.2. The Morgan fingerprint density at radius 3 is 2.48 bits per heavy atom. The van der Waals surface area contributed by atoms with Gasteiger partial charge in [-0.15, -0.1) is 0 Å². The highest BCUT2D eigenvalue weighted by molar-refractivity contribution is 7.80. The number of quaternary nitrogens is 1. The Labute approximate surface area is 168 Å². The van der Waals surface area contributed by atoms with Crippen molar-refractivity contribution in [3.63, 3.8) is 0 Å². The van der Waals surface area contributed by atoms with Crippen LogP contribution in [0, 0.1) is 10.1 Å². The van der Waals surface area contributed by atoms with Crippen molar-refractivity contribution in [2.45, 2.75) is 18.9 Å². The summed E-state index contributed by atoms with van der Waals surface area (Å²) < 4.78 is 0. The second-order valence-corrected chi connectivity index (χ2v) is 7.39. The molecule has 1 atom stereocenters. The van der Waals surface area contributed by atoms with Crippen LogP contribution in [-0.2, 0) is 0 Å². The van der Waals surface area contributed by atoms with E-state index in [0.29, 0.717) is 17.3 Å². The first-order valence-electron chi connectivity index (χ1n) is 8.93. The molecule has 0 radical (unpaired) electrons. The van der Waals surface area contributed by atoms with Gasteiger partial charge in [-0.1, -0.05) is 29.8 Å². The van der Waals surface area contributed by atoms with Crippen molar-refractivity contribution < 1.29 is 9.82 Å². The largest absolute Gasteiger partial charge is 0.356 e. The van der Waals surface area contributed by atoms with Crippen molar-refractivity contribution in [1.82, 2.24) is 5.32 Å². The summed E-state index contributed by atoms with van der Waals surface area (Å²) >= 11 is 11.8. The molecule has 1 saturated heterocycles. The molecule has 6 nitrogen and oxygen atoms in total. The van der Waals surface area contributed by atoms with Gasteiger partial charge in [-0.25, -0.2) is 0 Å². The molecule has 142 valence electrons. The SMILES string of the molecule is O=[N+]([O-])c1ccc(NC(=S)NC[C@@H](c2ccccc2Cl)[NH+]2CCCC2)cc1. The van der Waals surface area contributed by atoms with Crippen molar-refractivity contribution >= 4 is 40.3 Å². The molecule has 3 rings (SSSR count). The summed E-state index contributed by atoms with van der Waals surface area (Å²) in [5.41, 5.74) is 1.89. The fourth-order valence-electron chi connectivity index (χ4n) is 3.45. The van der Waals surface area contributed by atoms with E-state index in [4.69, 9.17) is 23.8 Å². The number of likely N-dealkylation sites (tertiary alicyclic amines) is 1. The van der Waals surface area contributed by atoms with Crippen LogP contribution in [0.2, 0.25) is 5.02 Å². The van der Waals surface area contributed by atoms with Gasteiger partial charge in [0.15, 0.2) is 5.11 Å². The second kappa shape index (κ2) is 9.12. The van der Waals surface area contributed by atoms with Gasteiger partial charge in [0.1, 0.15) is 6.04 Å². The lowest BCUT2D eigenvalue weighted by Gasteiger charge is -2.26. The maximum absolute atomic E-state index is 10.7. The molecule has 1 heterocycles. The minimum atomic E-state index is -0.423. The van der Waals surface area contributed by atoms with Crippen LogP contribution in [0.15, 0.2) is 48.5 Å². The number of hydrogen-bond acceptors (Lipinski definition) is 3. The fourth-order valence-corrected chi connectivity index (χ4v) is 3.91. The van der Waals surface area contributed by atoms with Gasteiger partial charge >= 0.3 is 0 Å². The van der Waals surface area contributed by atoms with Crippen LogP contribution >= 0.6 is 23.8 Å². The number of non-ortho nitro benzene ring substituents is 1. The van der Waals surface area contributed by atoms with E-state index in [9.17, 15) is 10.1 Å². The number of benzene rings is 2. The summed E-state index contributed by atoms with van der Waals surface area (Å²) in [6.07, 6.45) is 2.45. The van der Waals surface area contributed by atoms with Crippen molar-refractivity contribution in [3.05, 3.63) is 69.2 Å². The minimum absolute atomic E-state index is 0.0517. The molecule has 0 saturated carbocycles. The van der Waals surface area contributed by atoms with Crippen LogP contribution < -0.4 is 15.5 Å². The van der Waals surface area contributed by atoms with E-state index < -0.39 is 4.92 Å². The van der Waals surface area contributed by atoms with Gasteiger partial charge < -0.3 is 15.5 Å². The van der Waals surface area contributed by atoms with Gasteiger partial charge in [-0.05, 0) is 30.4 Å². The Bertz CT molecular complexity index is 810. The standard InChI is InChI=1S/C19H21ClN4O2S/c20-17-6-2-1-5-16(17)18(23-11-3-4-12-23)13-21-19(27)22-14-7-9-15(10-8-14)24(25)26/h1-2,5-10,18H,3-4,11-13H2,(H2,21,22,27)/p+1/t18-/m0/s1. The molecular formula is C19H22ClN4O2S+. The summed E-state index contributed by atoms with van der Waals surface area (Å²) in [5, 5.41) is 18.3. The van der Waals surface area contributed by atoms with Crippen molar-refractivity contribution in [2.24, 2.45) is 0 Å².